The maximum atomic E-state index is 9.92. The molecule has 2 N–H and O–H groups in total. The van der Waals surface area contributed by atoms with E-state index >= 15 is 0 Å². The van der Waals surface area contributed by atoms with Crippen LogP contribution in [0.25, 0.3) is 0 Å². The van der Waals surface area contributed by atoms with Gasteiger partial charge < -0.3 is 15.3 Å². The zero-order chi connectivity index (χ0) is 11.9. The molecule has 98 valence electrons. The fraction of sp³-hybridized carbons (Fsp3) is 0.857. The van der Waals surface area contributed by atoms with E-state index in [0.717, 1.165) is 25.6 Å². The van der Waals surface area contributed by atoms with Gasteiger partial charge in [-0.05, 0) is 57.7 Å². The van der Waals surface area contributed by atoms with E-state index in [4.69, 9.17) is 0 Å². The molecule has 1 fully saturated rings. The molecule has 0 radical (unpaired) electrons. The van der Waals surface area contributed by atoms with Crippen LogP contribution in [0.2, 0.25) is 0 Å². The lowest BCUT2D eigenvalue weighted by Gasteiger charge is -2.22. The second kappa shape index (κ2) is 7.14. The number of β-amino-alcohol motifs (C(OH)–C–C–N with tert-alkyl or cyclic N) is 1. The number of aliphatic hydroxyl groups excluding tert-OH is 1. The second-order valence-corrected chi connectivity index (χ2v) is 5.47. The Morgan fingerprint density at radius 3 is 2.82 bits per heavy atom. The zero-order valence-corrected chi connectivity index (χ0v) is 10.8. The van der Waals surface area contributed by atoms with Crippen molar-refractivity contribution in [3.63, 3.8) is 0 Å². The third-order valence-corrected chi connectivity index (χ3v) is 3.86. The predicted molar refractivity (Wildman–Crippen MR) is 71.0 cm³/mol. The Morgan fingerprint density at radius 2 is 2.12 bits per heavy atom. The number of likely N-dealkylation sites (tertiary alicyclic amines) is 1. The van der Waals surface area contributed by atoms with Gasteiger partial charge in [0, 0.05) is 13.1 Å². The van der Waals surface area contributed by atoms with Crippen LogP contribution in [0, 0.1) is 5.92 Å². The summed E-state index contributed by atoms with van der Waals surface area (Å²) in [6.45, 7) is 4.99. The van der Waals surface area contributed by atoms with Crippen LogP contribution in [0.15, 0.2) is 12.2 Å². The van der Waals surface area contributed by atoms with Crippen LogP contribution in [0.5, 0.6) is 0 Å². The Bertz CT molecular complexity index is 236. The first-order valence-corrected chi connectivity index (χ1v) is 7.11. The minimum atomic E-state index is -0.202. The average molecular weight is 238 g/mol. The van der Waals surface area contributed by atoms with Crippen molar-refractivity contribution in [1.82, 2.24) is 10.2 Å². The standard InChI is InChI=1S/C14H26N2O/c17-14(12-16-8-4-5-9-16)11-15-10-13-6-2-1-3-7-13/h1-2,13-15,17H,3-12H2. The maximum absolute atomic E-state index is 9.92. The summed E-state index contributed by atoms with van der Waals surface area (Å²) in [6, 6.07) is 0. The highest BCUT2D eigenvalue weighted by Gasteiger charge is 2.16. The lowest BCUT2D eigenvalue weighted by atomic mass is 9.94. The van der Waals surface area contributed by atoms with Crippen molar-refractivity contribution in [2.24, 2.45) is 5.92 Å². The summed E-state index contributed by atoms with van der Waals surface area (Å²) in [7, 11) is 0. The van der Waals surface area contributed by atoms with E-state index in [1.165, 1.54) is 45.2 Å². The molecule has 0 bridgehead atoms. The molecular weight excluding hydrogens is 212 g/mol. The van der Waals surface area contributed by atoms with Crippen LogP contribution >= 0.6 is 0 Å². The van der Waals surface area contributed by atoms with Gasteiger partial charge in [-0.1, -0.05) is 12.2 Å². The van der Waals surface area contributed by atoms with Gasteiger partial charge in [0.25, 0.3) is 0 Å². The third kappa shape index (κ3) is 4.78. The molecule has 0 spiro atoms. The van der Waals surface area contributed by atoms with Crippen LogP contribution in [0.1, 0.15) is 32.1 Å². The van der Waals surface area contributed by atoms with Crippen molar-refractivity contribution in [2.75, 3.05) is 32.7 Å². The highest BCUT2D eigenvalue weighted by Crippen LogP contribution is 2.16. The summed E-state index contributed by atoms with van der Waals surface area (Å²) in [4.78, 5) is 2.37. The van der Waals surface area contributed by atoms with Gasteiger partial charge in [-0.2, -0.15) is 0 Å². The predicted octanol–water partition coefficient (Wildman–Crippen LogP) is 1.39. The Morgan fingerprint density at radius 1 is 1.29 bits per heavy atom. The first-order valence-electron chi connectivity index (χ1n) is 7.11. The molecule has 1 saturated heterocycles. The summed E-state index contributed by atoms with van der Waals surface area (Å²) >= 11 is 0. The molecule has 1 aliphatic heterocycles. The highest BCUT2D eigenvalue weighted by atomic mass is 16.3. The molecule has 3 nitrogen and oxygen atoms in total. The van der Waals surface area contributed by atoms with Gasteiger partial charge in [0.05, 0.1) is 6.10 Å². The molecule has 0 aromatic rings. The molecule has 0 aromatic heterocycles. The van der Waals surface area contributed by atoms with E-state index in [-0.39, 0.29) is 6.10 Å². The first kappa shape index (κ1) is 13.1. The summed E-state index contributed by atoms with van der Waals surface area (Å²) in [5, 5.41) is 13.3. The Balaban J connectivity index is 1.53. The van der Waals surface area contributed by atoms with E-state index in [1.807, 2.05) is 0 Å². The van der Waals surface area contributed by atoms with Gasteiger partial charge in [0.2, 0.25) is 0 Å². The SMILES string of the molecule is OC(CNCC1CC=CCC1)CN1CCCC1. The van der Waals surface area contributed by atoms with Crippen molar-refractivity contribution in [3.8, 4) is 0 Å². The van der Waals surface area contributed by atoms with Crippen molar-refractivity contribution < 1.29 is 5.11 Å². The van der Waals surface area contributed by atoms with Crippen molar-refractivity contribution >= 4 is 0 Å². The molecule has 3 heteroatoms. The van der Waals surface area contributed by atoms with Crippen LogP contribution in [-0.4, -0.2) is 48.8 Å². The van der Waals surface area contributed by atoms with Crippen molar-refractivity contribution in [1.29, 1.82) is 0 Å². The Hall–Kier alpha value is -0.380. The minimum absolute atomic E-state index is 0.202. The number of nitrogens with zero attached hydrogens (tertiary/aromatic N) is 1. The van der Waals surface area contributed by atoms with Gasteiger partial charge in [-0.25, -0.2) is 0 Å². The topological polar surface area (TPSA) is 35.5 Å². The molecule has 0 amide bonds. The number of allylic oxidation sites excluding steroid dienone is 2. The molecule has 0 saturated carbocycles. The highest BCUT2D eigenvalue weighted by molar-refractivity contribution is 4.90. The molecule has 2 rings (SSSR count). The molecular formula is C14H26N2O. The third-order valence-electron chi connectivity index (χ3n) is 3.86. The summed E-state index contributed by atoms with van der Waals surface area (Å²) in [6.07, 6.45) is 10.7. The van der Waals surface area contributed by atoms with Gasteiger partial charge in [-0.15, -0.1) is 0 Å². The van der Waals surface area contributed by atoms with Crippen LogP contribution in [-0.2, 0) is 0 Å². The number of hydrogen-bond donors (Lipinski definition) is 2. The van der Waals surface area contributed by atoms with E-state index < -0.39 is 0 Å². The molecule has 1 heterocycles. The van der Waals surface area contributed by atoms with Crippen LogP contribution in [0.4, 0.5) is 0 Å². The fourth-order valence-electron chi connectivity index (χ4n) is 2.82. The fourth-order valence-corrected chi connectivity index (χ4v) is 2.82. The zero-order valence-electron chi connectivity index (χ0n) is 10.8. The van der Waals surface area contributed by atoms with Gasteiger partial charge in [0.15, 0.2) is 0 Å². The quantitative estimate of drug-likeness (QED) is 0.686. The average Bonchev–Trinajstić information content (AvgIpc) is 2.83. The lowest BCUT2D eigenvalue weighted by molar-refractivity contribution is 0.122. The maximum Gasteiger partial charge on any atom is 0.0791 e. The molecule has 2 unspecified atom stereocenters. The summed E-state index contributed by atoms with van der Waals surface area (Å²) in [5.74, 6) is 0.777. The molecule has 2 atom stereocenters. The second-order valence-electron chi connectivity index (χ2n) is 5.47. The van der Waals surface area contributed by atoms with E-state index in [9.17, 15) is 5.11 Å². The monoisotopic (exact) mass is 238 g/mol. The molecule has 17 heavy (non-hydrogen) atoms. The van der Waals surface area contributed by atoms with Crippen molar-refractivity contribution in [3.05, 3.63) is 12.2 Å². The summed E-state index contributed by atoms with van der Waals surface area (Å²) < 4.78 is 0. The smallest absolute Gasteiger partial charge is 0.0791 e. The number of aliphatic hydroxyl groups is 1. The van der Waals surface area contributed by atoms with E-state index in [2.05, 4.69) is 22.4 Å². The largest absolute Gasteiger partial charge is 0.390 e. The number of hydrogen-bond acceptors (Lipinski definition) is 3. The lowest BCUT2D eigenvalue weighted by Crippen LogP contribution is -2.38. The Kier molecular flexibility index (Phi) is 5.49. The molecule has 2 aliphatic rings. The van der Waals surface area contributed by atoms with Crippen molar-refractivity contribution in [2.45, 2.75) is 38.2 Å². The van der Waals surface area contributed by atoms with E-state index in [1.54, 1.807) is 0 Å². The van der Waals surface area contributed by atoms with Gasteiger partial charge in [0.1, 0.15) is 0 Å². The van der Waals surface area contributed by atoms with E-state index in [0.29, 0.717) is 0 Å². The Labute approximate surface area is 105 Å². The van der Waals surface area contributed by atoms with Crippen LogP contribution < -0.4 is 5.32 Å². The molecule has 1 aliphatic carbocycles. The van der Waals surface area contributed by atoms with Gasteiger partial charge in [-0.3, -0.25) is 0 Å². The first-order chi connectivity index (χ1) is 8.34. The number of rotatable bonds is 6. The summed E-state index contributed by atoms with van der Waals surface area (Å²) in [5.41, 5.74) is 0. The number of nitrogens with one attached hydrogen (secondary N) is 1. The van der Waals surface area contributed by atoms with Gasteiger partial charge >= 0.3 is 0 Å². The molecule has 0 aromatic carbocycles. The van der Waals surface area contributed by atoms with Crippen LogP contribution in [0.3, 0.4) is 0 Å². The normalized spacial score (nSPS) is 27.5. The minimum Gasteiger partial charge on any atom is -0.390 e.